The molecule has 0 spiro atoms. The molecule has 0 fully saturated rings. The second-order valence-corrected chi connectivity index (χ2v) is 2.82. The van der Waals surface area contributed by atoms with Crippen LogP contribution in [0, 0.1) is 22.7 Å². The summed E-state index contributed by atoms with van der Waals surface area (Å²) in [5, 5.41) is 17.2. The van der Waals surface area contributed by atoms with Crippen LogP contribution in [0.25, 0.3) is 0 Å². The van der Waals surface area contributed by atoms with Crippen LogP contribution in [0.5, 0.6) is 0 Å². The molecule has 1 heterocycles. The van der Waals surface area contributed by atoms with Crippen molar-refractivity contribution in [2.24, 2.45) is 0 Å². The van der Waals surface area contributed by atoms with E-state index in [2.05, 4.69) is 4.98 Å². The van der Waals surface area contributed by atoms with Crippen LogP contribution in [0.1, 0.15) is 11.1 Å². The van der Waals surface area contributed by atoms with Gasteiger partial charge in [-0.2, -0.15) is 10.5 Å². The summed E-state index contributed by atoms with van der Waals surface area (Å²) < 4.78 is 0. The predicted molar refractivity (Wildman–Crippen MR) is 47.9 cm³/mol. The van der Waals surface area contributed by atoms with Gasteiger partial charge in [0.2, 0.25) is 0 Å². The zero-order chi connectivity index (χ0) is 9.68. The second kappa shape index (κ2) is 4.45. The summed E-state index contributed by atoms with van der Waals surface area (Å²) in [7, 11) is 0. The highest BCUT2D eigenvalue weighted by Crippen LogP contribution is 2.14. The Morgan fingerprint density at radius 2 is 2.00 bits per heavy atom. The van der Waals surface area contributed by atoms with E-state index in [1.165, 1.54) is 0 Å². The van der Waals surface area contributed by atoms with Crippen LogP contribution >= 0.6 is 11.6 Å². The minimum absolute atomic E-state index is 0.227. The van der Waals surface area contributed by atoms with E-state index in [0.717, 1.165) is 5.56 Å². The number of halogens is 1. The van der Waals surface area contributed by atoms with E-state index >= 15 is 0 Å². The lowest BCUT2D eigenvalue weighted by molar-refractivity contribution is 1.13. The van der Waals surface area contributed by atoms with Crippen LogP contribution in [-0.2, 0) is 12.8 Å². The Kier molecular flexibility index (Phi) is 3.25. The Hall–Kier alpha value is -1.58. The molecule has 64 valence electrons. The van der Waals surface area contributed by atoms with Crippen molar-refractivity contribution < 1.29 is 0 Å². The van der Waals surface area contributed by atoms with Gasteiger partial charge in [-0.1, -0.05) is 11.6 Å². The topological polar surface area (TPSA) is 60.5 Å². The first-order valence-corrected chi connectivity index (χ1v) is 4.03. The average Bonchev–Trinajstić information content (AvgIpc) is 2.12. The Morgan fingerprint density at radius 1 is 1.31 bits per heavy atom. The molecule has 0 saturated carbocycles. The van der Waals surface area contributed by atoms with Gasteiger partial charge in [-0.3, -0.25) is 0 Å². The van der Waals surface area contributed by atoms with Crippen molar-refractivity contribution in [3.63, 3.8) is 0 Å². The lowest BCUT2D eigenvalue weighted by Crippen LogP contribution is -1.91. The third kappa shape index (κ3) is 2.43. The summed E-state index contributed by atoms with van der Waals surface area (Å²) in [6, 6.07) is 5.73. The van der Waals surface area contributed by atoms with Crippen molar-refractivity contribution >= 4 is 11.6 Å². The number of rotatable bonds is 2. The monoisotopic (exact) mass is 191 g/mol. The standard InChI is InChI=1S/C9H6ClN3/c10-9-8(2-4-12)5-7(1-3-11)6-13-9/h5-6H,1-2H2. The fraction of sp³-hybridized carbons (Fsp3) is 0.222. The first-order chi connectivity index (χ1) is 6.27. The van der Waals surface area contributed by atoms with Gasteiger partial charge in [0, 0.05) is 11.8 Å². The van der Waals surface area contributed by atoms with Gasteiger partial charge < -0.3 is 0 Å². The summed E-state index contributed by atoms with van der Waals surface area (Å²) in [6.07, 6.45) is 2.07. The molecule has 0 aliphatic carbocycles. The van der Waals surface area contributed by atoms with Crippen molar-refractivity contribution in [3.05, 3.63) is 28.5 Å². The molecule has 0 unspecified atom stereocenters. The van der Waals surface area contributed by atoms with Crippen LogP contribution in [0.3, 0.4) is 0 Å². The summed E-state index contributed by atoms with van der Waals surface area (Å²) >= 11 is 5.73. The summed E-state index contributed by atoms with van der Waals surface area (Å²) in [4.78, 5) is 3.88. The van der Waals surface area contributed by atoms with Gasteiger partial charge in [0.15, 0.2) is 0 Å². The quantitative estimate of drug-likeness (QED) is 0.671. The third-order valence-electron chi connectivity index (χ3n) is 1.52. The number of pyridine rings is 1. The van der Waals surface area contributed by atoms with E-state index in [-0.39, 0.29) is 6.42 Å². The molecule has 0 aliphatic heterocycles. The lowest BCUT2D eigenvalue weighted by atomic mass is 10.1. The number of aromatic nitrogens is 1. The Balaban J connectivity index is 2.99. The molecule has 0 bridgehead atoms. The molecule has 0 aromatic carbocycles. The van der Waals surface area contributed by atoms with Gasteiger partial charge in [-0.15, -0.1) is 0 Å². The largest absolute Gasteiger partial charge is 0.244 e. The first kappa shape index (κ1) is 9.51. The zero-order valence-corrected chi connectivity index (χ0v) is 7.54. The fourth-order valence-electron chi connectivity index (χ4n) is 0.940. The Morgan fingerprint density at radius 3 is 2.62 bits per heavy atom. The maximum absolute atomic E-state index is 8.46. The van der Waals surface area contributed by atoms with Crippen LogP contribution in [0.2, 0.25) is 5.15 Å². The molecule has 1 aromatic heterocycles. The van der Waals surface area contributed by atoms with Crippen molar-refractivity contribution in [1.29, 1.82) is 10.5 Å². The minimum Gasteiger partial charge on any atom is -0.244 e. The third-order valence-corrected chi connectivity index (χ3v) is 1.86. The lowest BCUT2D eigenvalue weighted by Gasteiger charge is -1.99. The number of hydrogen-bond donors (Lipinski definition) is 0. The molecule has 1 aromatic rings. The van der Waals surface area contributed by atoms with Crippen LogP contribution in [-0.4, -0.2) is 4.98 Å². The van der Waals surface area contributed by atoms with Gasteiger partial charge in [0.05, 0.1) is 25.0 Å². The van der Waals surface area contributed by atoms with Gasteiger partial charge in [0.1, 0.15) is 5.15 Å². The first-order valence-electron chi connectivity index (χ1n) is 3.65. The highest BCUT2D eigenvalue weighted by atomic mass is 35.5. The molecular formula is C9H6ClN3. The van der Waals surface area contributed by atoms with Gasteiger partial charge in [-0.05, 0) is 11.6 Å². The number of hydrogen-bond acceptors (Lipinski definition) is 3. The molecule has 0 N–H and O–H groups in total. The van der Waals surface area contributed by atoms with E-state index in [1.54, 1.807) is 12.3 Å². The van der Waals surface area contributed by atoms with Crippen molar-refractivity contribution in [1.82, 2.24) is 4.98 Å². The van der Waals surface area contributed by atoms with Gasteiger partial charge >= 0.3 is 0 Å². The SMILES string of the molecule is N#CCc1cnc(Cl)c(CC#N)c1. The van der Waals surface area contributed by atoms with Crippen LogP contribution in [0.15, 0.2) is 12.3 Å². The average molecular weight is 192 g/mol. The smallest absolute Gasteiger partial charge is 0.133 e. The van der Waals surface area contributed by atoms with Crippen molar-refractivity contribution in [2.75, 3.05) is 0 Å². The highest BCUT2D eigenvalue weighted by molar-refractivity contribution is 6.30. The molecule has 0 atom stereocenters. The molecule has 0 aliphatic rings. The Labute approximate surface area is 81.2 Å². The number of nitrogens with zero attached hydrogens (tertiary/aromatic N) is 3. The summed E-state index contributed by atoms with van der Waals surface area (Å²) in [5.74, 6) is 0. The fourth-order valence-corrected chi connectivity index (χ4v) is 1.11. The minimum atomic E-state index is 0.227. The molecule has 13 heavy (non-hydrogen) atoms. The van der Waals surface area contributed by atoms with Gasteiger partial charge in [0.25, 0.3) is 0 Å². The van der Waals surface area contributed by atoms with Crippen molar-refractivity contribution in [3.8, 4) is 12.1 Å². The van der Waals surface area contributed by atoms with Crippen molar-refractivity contribution in [2.45, 2.75) is 12.8 Å². The molecule has 0 saturated heterocycles. The summed E-state index contributed by atoms with van der Waals surface area (Å²) in [5.41, 5.74) is 1.47. The zero-order valence-electron chi connectivity index (χ0n) is 6.79. The molecule has 3 nitrogen and oxygen atoms in total. The molecular weight excluding hydrogens is 186 g/mol. The summed E-state index contributed by atoms with van der Waals surface area (Å²) in [6.45, 7) is 0. The molecule has 4 heteroatoms. The number of nitriles is 2. The highest BCUT2D eigenvalue weighted by Gasteiger charge is 2.02. The van der Waals surface area contributed by atoms with E-state index in [1.807, 2.05) is 12.1 Å². The predicted octanol–water partition coefficient (Wildman–Crippen LogP) is 1.87. The van der Waals surface area contributed by atoms with Crippen LogP contribution in [0.4, 0.5) is 0 Å². The second-order valence-electron chi connectivity index (χ2n) is 2.46. The molecule has 0 radical (unpaired) electrons. The van der Waals surface area contributed by atoms with Gasteiger partial charge in [-0.25, -0.2) is 4.98 Å². The molecule has 0 amide bonds. The normalized spacial score (nSPS) is 8.85. The van der Waals surface area contributed by atoms with E-state index in [9.17, 15) is 0 Å². The van der Waals surface area contributed by atoms with E-state index in [4.69, 9.17) is 22.1 Å². The molecule has 1 rings (SSSR count). The maximum atomic E-state index is 8.46. The maximum Gasteiger partial charge on any atom is 0.133 e. The Bertz CT molecular complexity index is 387. The van der Waals surface area contributed by atoms with E-state index in [0.29, 0.717) is 17.1 Å². The van der Waals surface area contributed by atoms with E-state index < -0.39 is 0 Å². The van der Waals surface area contributed by atoms with Crippen LogP contribution < -0.4 is 0 Å².